The van der Waals surface area contributed by atoms with Gasteiger partial charge in [0.15, 0.2) is 0 Å². The SMILES string of the molecule is CCCOC(=O)CC(C)(C)c1cc(O)c([C@@H]2CC(=O)[C@@H]3C[C@H]2C3(C)C)c(O)c1. The third kappa shape index (κ3) is 3.40. The third-order valence-corrected chi connectivity index (χ3v) is 6.98. The molecule has 0 spiro atoms. The van der Waals surface area contributed by atoms with Crippen LogP contribution < -0.4 is 0 Å². The van der Waals surface area contributed by atoms with Crippen LogP contribution in [0.4, 0.5) is 0 Å². The molecular formula is C23H32O5. The quantitative estimate of drug-likeness (QED) is 0.704. The zero-order chi connectivity index (χ0) is 20.9. The molecule has 3 atom stereocenters. The molecule has 1 aromatic rings. The molecule has 0 aliphatic heterocycles. The van der Waals surface area contributed by atoms with Crippen molar-refractivity contribution in [2.75, 3.05) is 6.61 Å². The Morgan fingerprint density at radius 1 is 1.25 bits per heavy atom. The number of phenolic OH excluding ortho intramolecular Hbond substituents is 2. The van der Waals surface area contributed by atoms with Gasteiger partial charge in [-0.2, -0.15) is 0 Å². The van der Waals surface area contributed by atoms with E-state index >= 15 is 0 Å². The molecule has 3 aliphatic rings. The Morgan fingerprint density at radius 3 is 2.36 bits per heavy atom. The molecular weight excluding hydrogens is 356 g/mol. The molecule has 0 amide bonds. The number of hydrogen-bond acceptors (Lipinski definition) is 5. The lowest BCUT2D eigenvalue weighted by Gasteiger charge is -2.59. The van der Waals surface area contributed by atoms with E-state index in [1.165, 1.54) is 0 Å². The molecule has 0 saturated heterocycles. The first-order chi connectivity index (χ1) is 13.0. The van der Waals surface area contributed by atoms with Gasteiger partial charge in [0.25, 0.3) is 0 Å². The van der Waals surface area contributed by atoms with E-state index in [0.29, 0.717) is 24.2 Å². The number of benzene rings is 1. The summed E-state index contributed by atoms with van der Waals surface area (Å²) in [5.74, 6) is 0.141. The van der Waals surface area contributed by atoms with Crippen LogP contribution in [0.2, 0.25) is 0 Å². The largest absolute Gasteiger partial charge is 0.508 e. The van der Waals surface area contributed by atoms with Crippen molar-refractivity contribution in [1.29, 1.82) is 0 Å². The van der Waals surface area contributed by atoms with Gasteiger partial charge in [0, 0.05) is 29.2 Å². The maximum absolute atomic E-state index is 12.5. The van der Waals surface area contributed by atoms with Crippen molar-refractivity contribution in [1.82, 2.24) is 0 Å². The minimum atomic E-state index is -0.596. The second-order valence-corrected chi connectivity index (χ2v) is 9.70. The highest BCUT2D eigenvalue weighted by molar-refractivity contribution is 5.86. The number of esters is 1. The molecule has 28 heavy (non-hydrogen) atoms. The number of phenols is 2. The molecule has 0 radical (unpaired) electrons. The van der Waals surface area contributed by atoms with Crippen molar-refractivity contribution in [2.24, 2.45) is 17.3 Å². The van der Waals surface area contributed by atoms with Crippen molar-refractivity contribution >= 4 is 11.8 Å². The average molecular weight is 389 g/mol. The minimum Gasteiger partial charge on any atom is -0.508 e. The van der Waals surface area contributed by atoms with Gasteiger partial charge in [-0.15, -0.1) is 0 Å². The Bertz CT molecular complexity index is 769. The first-order valence-electron chi connectivity index (χ1n) is 10.2. The van der Waals surface area contributed by atoms with E-state index < -0.39 is 5.41 Å². The van der Waals surface area contributed by atoms with Crippen LogP contribution in [0, 0.1) is 17.3 Å². The summed E-state index contributed by atoms with van der Waals surface area (Å²) < 4.78 is 5.18. The fraction of sp³-hybridized carbons (Fsp3) is 0.652. The zero-order valence-corrected chi connectivity index (χ0v) is 17.5. The van der Waals surface area contributed by atoms with Crippen LogP contribution >= 0.6 is 0 Å². The van der Waals surface area contributed by atoms with Crippen molar-refractivity contribution in [2.45, 2.75) is 71.6 Å². The van der Waals surface area contributed by atoms with Crippen LogP contribution in [-0.2, 0) is 19.7 Å². The molecule has 3 saturated carbocycles. The third-order valence-electron chi connectivity index (χ3n) is 6.98. The summed E-state index contributed by atoms with van der Waals surface area (Å²) >= 11 is 0. The van der Waals surface area contributed by atoms with Gasteiger partial charge in [0.05, 0.1) is 13.0 Å². The van der Waals surface area contributed by atoms with E-state index in [2.05, 4.69) is 13.8 Å². The van der Waals surface area contributed by atoms with Crippen LogP contribution in [0.5, 0.6) is 11.5 Å². The predicted molar refractivity (Wildman–Crippen MR) is 106 cm³/mol. The second-order valence-electron chi connectivity index (χ2n) is 9.70. The molecule has 4 rings (SSSR count). The molecule has 2 bridgehead atoms. The van der Waals surface area contributed by atoms with E-state index in [-0.39, 0.29) is 52.8 Å². The van der Waals surface area contributed by atoms with Gasteiger partial charge in [-0.25, -0.2) is 0 Å². The molecule has 0 unspecified atom stereocenters. The molecule has 0 aromatic heterocycles. The number of Topliss-reactive ketones (excluding diaryl/α,β-unsaturated/α-hetero) is 1. The van der Waals surface area contributed by atoms with Crippen LogP contribution in [-0.4, -0.2) is 28.6 Å². The zero-order valence-electron chi connectivity index (χ0n) is 17.5. The molecule has 3 fully saturated rings. The Hall–Kier alpha value is -2.04. The van der Waals surface area contributed by atoms with E-state index in [1.54, 1.807) is 12.1 Å². The Kier molecular flexibility index (Phi) is 5.24. The van der Waals surface area contributed by atoms with Crippen LogP contribution in [0.3, 0.4) is 0 Å². The summed E-state index contributed by atoms with van der Waals surface area (Å²) in [5.41, 5.74) is 0.451. The van der Waals surface area contributed by atoms with E-state index in [4.69, 9.17) is 4.74 Å². The van der Waals surface area contributed by atoms with Crippen LogP contribution in [0.25, 0.3) is 0 Å². The first-order valence-corrected chi connectivity index (χ1v) is 10.2. The smallest absolute Gasteiger partial charge is 0.306 e. The Balaban J connectivity index is 1.87. The summed E-state index contributed by atoms with van der Waals surface area (Å²) in [7, 11) is 0. The van der Waals surface area contributed by atoms with Gasteiger partial charge in [-0.1, -0.05) is 34.6 Å². The Morgan fingerprint density at radius 2 is 1.86 bits per heavy atom. The van der Waals surface area contributed by atoms with Gasteiger partial charge in [0.2, 0.25) is 0 Å². The fourth-order valence-corrected chi connectivity index (χ4v) is 5.12. The Labute approximate surface area is 167 Å². The number of fused-ring (bicyclic) bond motifs is 2. The molecule has 1 aromatic carbocycles. The highest BCUT2D eigenvalue weighted by Crippen LogP contribution is 2.64. The molecule has 5 heteroatoms. The first kappa shape index (κ1) is 20.7. The molecule has 154 valence electrons. The molecule has 2 N–H and O–H groups in total. The van der Waals surface area contributed by atoms with E-state index in [0.717, 1.165) is 12.8 Å². The molecule has 5 nitrogen and oxygen atoms in total. The number of carbonyl (C=O) groups is 2. The molecule has 0 heterocycles. The number of rotatable bonds is 6. The average Bonchev–Trinajstić information content (AvgIpc) is 2.58. The fourth-order valence-electron chi connectivity index (χ4n) is 5.12. The van der Waals surface area contributed by atoms with Gasteiger partial charge in [-0.05, 0) is 41.9 Å². The number of ketones is 1. The monoisotopic (exact) mass is 388 g/mol. The lowest BCUT2D eigenvalue weighted by Crippen LogP contribution is -2.56. The van der Waals surface area contributed by atoms with Crippen molar-refractivity contribution in [3.63, 3.8) is 0 Å². The van der Waals surface area contributed by atoms with Crippen molar-refractivity contribution in [3.8, 4) is 11.5 Å². The summed E-state index contributed by atoms with van der Waals surface area (Å²) in [4.78, 5) is 24.5. The van der Waals surface area contributed by atoms with E-state index in [9.17, 15) is 19.8 Å². The van der Waals surface area contributed by atoms with Gasteiger partial charge < -0.3 is 14.9 Å². The van der Waals surface area contributed by atoms with Crippen molar-refractivity contribution in [3.05, 3.63) is 23.3 Å². The normalized spacial score (nSPS) is 25.9. The standard InChI is InChI=1S/C23H32O5/c1-6-7-28-20(27)12-22(2,3)13-8-18(25)21(19(26)9-13)14-10-17(24)16-11-15(14)23(16,4)5/h8-9,14-16,25-26H,6-7,10-12H2,1-5H3/t14-,15-,16+/m1/s1. The van der Waals surface area contributed by atoms with E-state index in [1.807, 2.05) is 20.8 Å². The number of ether oxygens (including phenoxy) is 1. The minimum absolute atomic E-state index is 0.00366. The van der Waals surface area contributed by atoms with Crippen molar-refractivity contribution < 1.29 is 24.5 Å². The lowest BCUT2D eigenvalue weighted by molar-refractivity contribution is -0.152. The van der Waals surface area contributed by atoms with Gasteiger partial charge in [0.1, 0.15) is 17.3 Å². The van der Waals surface area contributed by atoms with Crippen LogP contribution in [0.1, 0.15) is 77.3 Å². The van der Waals surface area contributed by atoms with Crippen LogP contribution in [0.15, 0.2) is 12.1 Å². The van der Waals surface area contributed by atoms with Gasteiger partial charge in [-0.3, -0.25) is 9.59 Å². The maximum atomic E-state index is 12.5. The number of aromatic hydroxyl groups is 2. The molecule has 3 aliphatic carbocycles. The lowest BCUT2D eigenvalue weighted by atomic mass is 9.44. The number of hydrogen-bond donors (Lipinski definition) is 2. The summed E-state index contributed by atoms with van der Waals surface area (Å²) in [5, 5.41) is 21.5. The summed E-state index contributed by atoms with van der Waals surface area (Å²) in [6.07, 6.45) is 2.11. The maximum Gasteiger partial charge on any atom is 0.306 e. The topological polar surface area (TPSA) is 83.8 Å². The second kappa shape index (κ2) is 7.09. The number of carbonyl (C=O) groups excluding carboxylic acids is 2. The predicted octanol–water partition coefficient (Wildman–Crippen LogP) is 4.44. The highest BCUT2D eigenvalue weighted by Gasteiger charge is 2.59. The summed E-state index contributed by atoms with van der Waals surface area (Å²) in [6.45, 7) is 10.3. The van der Waals surface area contributed by atoms with Gasteiger partial charge >= 0.3 is 5.97 Å². The summed E-state index contributed by atoms with van der Waals surface area (Å²) in [6, 6.07) is 3.26. The highest BCUT2D eigenvalue weighted by atomic mass is 16.5.